The van der Waals surface area contributed by atoms with Crippen LogP contribution in [-0.4, -0.2) is 32.5 Å². The van der Waals surface area contributed by atoms with Crippen molar-refractivity contribution in [3.05, 3.63) is 81.3 Å². The van der Waals surface area contributed by atoms with Gasteiger partial charge in [0.1, 0.15) is 5.82 Å². The van der Waals surface area contributed by atoms with Crippen molar-refractivity contribution in [2.75, 3.05) is 17.7 Å². The number of fused-ring (bicyclic) bond motifs is 1. The second-order valence-electron chi connectivity index (χ2n) is 7.67. The highest BCUT2D eigenvalue weighted by Gasteiger charge is 2.24. The molecule has 0 aliphatic heterocycles. The number of amides is 1. The lowest BCUT2D eigenvalue weighted by Gasteiger charge is -2.21. The van der Waals surface area contributed by atoms with Crippen molar-refractivity contribution >= 4 is 28.3 Å². The molecule has 9 heteroatoms. The molecule has 0 saturated carbocycles. The largest absolute Gasteiger partial charge is 0.383 e. The van der Waals surface area contributed by atoms with Gasteiger partial charge in [0.05, 0.1) is 16.8 Å². The number of pyridine rings is 2. The Bertz CT molecular complexity index is 1440. The number of nitrogens with one attached hydrogen (secondary N) is 1. The molecule has 33 heavy (non-hydrogen) atoms. The van der Waals surface area contributed by atoms with E-state index in [1.165, 1.54) is 16.5 Å². The van der Waals surface area contributed by atoms with E-state index in [0.717, 1.165) is 12.0 Å². The lowest BCUT2D eigenvalue weighted by Crippen LogP contribution is -2.39. The van der Waals surface area contributed by atoms with Gasteiger partial charge < -0.3 is 10.6 Å². The molecule has 4 aromatic rings. The fraction of sp³-hybridized carbons (Fsp3) is 0.208. The molecule has 1 aromatic carbocycles. The SMILES string of the molecule is CCCCn1c(N)c(N(C)C(=O)c2cc(-c3ccncc3)nc3ccccc23)c(=O)[nH]c1=O. The number of nitrogens with two attached hydrogens (primary N) is 1. The summed E-state index contributed by atoms with van der Waals surface area (Å²) >= 11 is 0. The van der Waals surface area contributed by atoms with Crippen LogP contribution in [0.4, 0.5) is 11.5 Å². The van der Waals surface area contributed by atoms with Crippen LogP contribution in [-0.2, 0) is 6.54 Å². The summed E-state index contributed by atoms with van der Waals surface area (Å²) in [5.74, 6) is -0.484. The Kier molecular flexibility index (Phi) is 6.03. The number of anilines is 2. The predicted octanol–water partition coefficient (Wildman–Crippen LogP) is 2.81. The molecule has 1 amide bonds. The maximum atomic E-state index is 13.6. The predicted molar refractivity (Wildman–Crippen MR) is 128 cm³/mol. The highest BCUT2D eigenvalue weighted by molar-refractivity contribution is 6.14. The monoisotopic (exact) mass is 444 g/mol. The van der Waals surface area contributed by atoms with Gasteiger partial charge in [0.2, 0.25) is 0 Å². The fourth-order valence-corrected chi connectivity index (χ4v) is 3.74. The van der Waals surface area contributed by atoms with E-state index in [2.05, 4.69) is 15.0 Å². The maximum absolute atomic E-state index is 13.6. The van der Waals surface area contributed by atoms with Gasteiger partial charge in [0.15, 0.2) is 5.69 Å². The van der Waals surface area contributed by atoms with Crippen molar-refractivity contribution in [3.63, 3.8) is 0 Å². The van der Waals surface area contributed by atoms with Crippen molar-refractivity contribution in [1.29, 1.82) is 0 Å². The van der Waals surface area contributed by atoms with Gasteiger partial charge in [-0.1, -0.05) is 31.5 Å². The Morgan fingerprint density at radius 3 is 2.61 bits per heavy atom. The number of H-pyrrole nitrogens is 1. The lowest BCUT2D eigenvalue weighted by atomic mass is 10.0. The van der Waals surface area contributed by atoms with Crippen LogP contribution < -0.4 is 21.9 Å². The molecule has 0 saturated heterocycles. The van der Waals surface area contributed by atoms with Gasteiger partial charge in [-0.3, -0.25) is 24.1 Å². The molecule has 0 aliphatic carbocycles. The van der Waals surface area contributed by atoms with E-state index in [1.54, 1.807) is 36.7 Å². The van der Waals surface area contributed by atoms with E-state index in [-0.39, 0.29) is 11.5 Å². The first-order chi connectivity index (χ1) is 15.9. The molecule has 0 radical (unpaired) electrons. The molecule has 0 atom stereocenters. The third-order valence-corrected chi connectivity index (χ3v) is 5.51. The summed E-state index contributed by atoms with van der Waals surface area (Å²) in [4.78, 5) is 50.7. The zero-order valence-electron chi connectivity index (χ0n) is 18.4. The van der Waals surface area contributed by atoms with E-state index in [4.69, 9.17) is 5.73 Å². The van der Waals surface area contributed by atoms with Crippen LogP contribution in [0, 0.1) is 0 Å². The summed E-state index contributed by atoms with van der Waals surface area (Å²) in [6.07, 6.45) is 4.85. The quantitative estimate of drug-likeness (QED) is 0.471. The van der Waals surface area contributed by atoms with Crippen molar-refractivity contribution in [2.45, 2.75) is 26.3 Å². The van der Waals surface area contributed by atoms with Gasteiger partial charge in [0.25, 0.3) is 11.5 Å². The first-order valence-corrected chi connectivity index (χ1v) is 10.6. The molecule has 168 valence electrons. The van der Waals surface area contributed by atoms with Crippen molar-refractivity contribution in [1.82, 2.24) is 19.5 Å². The summed E-state index contributed by atoms with van der Waals surface area (Å²) in [5, 5.41) is 0.640. The van der Waals surface area contributed by atoms with E-state index >= 15 is 0 Å². The molecule has 3 N–H and O–H groups in total. The highest BCUT2D eigenvalue weighted by Crippen LogP contribution is 2.27. The molecule has 3 heterocycles. The molecule has 0 spiro atoms. The van der Waals surface area contributed by atoms with Crippen LogP contribution in [0.5, 0.6) is 0 Å². The van der Waals surface area contributed by atoms with E-state index in [1.807, 2.05) is 25.1 Å². The second kappa shape index (κ2) is 9.07. The number of nitrogen functional groups attached to an aromatic ring is 1. The summed E-state index contributed by atoms with van der Waals surface area (Å²) in [5.41, 5.74) is 7.23. The molecule has 0 aliphatic rings. The number of rotatable bonds is 6. The molecule has 3 aromatic heterocycles. The zero-order chi connectivity index (χ0) is 23.5. The summed E-state index contributed by atoms with van der Waals surface area (Å²) in [6.45, 7) is 2.33. The Morgan fingerprint density at radius 1 is 1.15 bits per heavy atom. The van der Waals surface area contributed by atoms with E-state index in [9.17, 15) is 14.4 Å². The average Bonchev–Trinajstić information content (AvgIpc) is 2.83. The third-order valence-electron chi connectivity index (χ3n) is 5.51. The summed E-state index contributed by atoms with van der Waals surface area (Å²) in [7, 11) is 1.47. The molecule has 0 fully saturated rings. The lowest BCUT2D eigenvalue weighted by molar-refractivity contribution is 0.0994. The summed E-state index contributed by atoms with van der Waals surface area (Å²) < 4.78 is 1.29. The number of aromatic amines is 1. The van der Waals surface area contributed by atoms with Crippen LogP contribution in [0.3, 0.4) is 0 Å². The number of benzene rings is 1. The highest BCUT2D eigenvalue weighted by atomic mass is 16.2. The molecular formula is C24H24N6O3. The minimum Gasteiger partial charge on any atom is -0.383 e. The number of unbranched alkanes of at least 4 members (excludes halogenated alkanes) is 1. The molecule has 0 unspecified atom stereocenters. The Morgan fingerprint density at radius 2 is 1.88 bits per heavy atom. The first-order valence-electron chi connectivity index (χ1n) is 10.6. The fourth-order valence-electron chi connectivity index (χ4n) is 3.74. The Balaban J connectivity index is 1.86. The van der Waals surface area contributed by atoms with Crippen LogP contribution in [0.2, 0.25) is 0 Å². The Labute approximate surface area is 189 Å². The van der Waals surface area contributed by atoms with Crippen LogP contribution >= 0.6 is 0 Å². The van der Waals surface area contributed by atoms with E-state index < -0.39 is 17.2 Å². The molecular weight excluding hydrogens is 420 g/mol. The smallest absolute Gasteiger partial charge is 0.330 e. The number of hydrogen-bond acceptors (Lipinski definition) is 6. The third kappa shape index (κ3) is 4.12. The van der Waals surface area contributed by atoms with Crippen molar-refractivity contribution < 1.29 is 4.79 Å². The van der Waals surface area contributed by atoms with Gasteiger partial charge in [-0.25, -0.2) is 9.78 Å². The van der Waals surface area contributed by atoms with Crippen molar-refractivity contribution in [3.8, 4) is 11.3 Å². The number of carbonyl (C=O) groups excluding carboxylic acids is 1. The number of para-hydroxylation sites is 1. The second-order valence-corrected chi connectivity index (χ2v) is 7.67. The average molecular weight is 444 g/mol. The zero-order valence-corrected chi connectivity index (χ0v) is 18.4. The molecule has 9 nitrogen and oxygen atoms in total. The minimum atomic E-state index is -0.714. The van der Waals surface area contributed by atoms with E-state index in [0.29, 0.717) is 35.1 Å². The number of hydrogen-bond donors (Lipinski definition) is 2. The standard InChI is InChI=1S/C24H24N6O3/c1-3-4-13-30-21(25)20(22(31)28-24(30)33)29(2)23(32)17-14-19(15-9-11-26-12-10-15)27-18-8-6-5-7-16(17)18/h5-12,14H,3-4,13,25H2,1-2H3,(H,28,31,33). The van der Waals surface area contributed by atoms with Gasteiger partial charge >= 0.3 is 5.69 Å². The summed E-state index contributed by atoms with van der Waals surface area (Å²) in [6, 6.07) is 12.6. The topological polar surface area (TPSA) is 127 Å². The van der Waals surface area contributed by atoms with Gasteiger partial charge in [-0.05, 0) is 30.7 Å². The minimum absolute atomic E-state index is 0.0410. The van der Waals surface area contributed by atoms with Crippen LogP contribution in [0.25, 0.3) is 22.2 Å². The van der Waals surface area contributed by atoms with Crippen molar-refractivity contribution in [2.24, 2.45) is 0 Å². The molecule has 4 rings (SSSR count). The number of carbonyl (C=O) groups is 1. The molecule has 0 bridgehead atoms. The number of nitrogens with zero attached hydrogens (tertiary/aromatic N) is 4. The number of aromatic nitrogens is 4. The maximum Gasteiger partial charge on any atom is 0.330 e. The first kappa shape index (κ1) is 21.9. The van der Waals surface area contributed by atoms with Gasteiger partial charge in [-0.15, -0.1) is 0 Å². The van der Waals surface area contributed by atoms with Gasteiger partial charge in [0, 0.05) is 36.9 Å². The van der Waals surface area contributed by atoms with Gasteiger partial charge in [-0.2, -0.15) is 0 Å². The normalized spacial score (nSPS) is 11.0. The van der Waals surface area contributed by atoms with Crippen LogP contribution in [0.1, 0.15) is 30.1 Å². The Hall–Kier alpha value is -4.27. The van der Waals surface area contributed by atoms with Crippen LogP contribution in [0.15, 0.2) is 64.4 Å².